The van der Waals surface area contributed by atoms with Crippen molar-refractivity contribution in [1.82, 2.24) is 9.62 Å². The van der Waals surface area contributed by atoms with Crippen molar-refractivity contribution in [1.29, 1.82) is 0 Å². The van der Waals surface area contributed by atoms with Gasteiger partial charge in [-0.25, -0.2) is 8.42 Å². The third kappa shape index (κ3) is 7.61. The lowest BCUT2D eigenvalue weighted by Crippen LogP contribution is -2.53. The number of benzene rings is 2. The first-order chi connectivity index (χ1) is 19.1. The second-order valence-corrected chi connectivity index (χ2v) is 13.1. The molecule has 0 bridgehead atoms. The summed E-state index contributed by atoms with van der Waals surface area (Å²) >= 11 is 0. The van der Waals surface area contributed by atoms with Gasteiger partial charge in [0.05, 0.1) is 37.4 Å². The number of carbonyl (C=O) groups excluding carboxylic acids is 1. The van der Waals surface area contributed by atoms with Crippen molar-refractivity contribution in [2.24, 2.45) is 11.8 Å². The van der Waals surface area contributed by atoms with Gasteiger partial charge in [0.1, 0.15) is 5.75 Å². The molecule has 9 nitrogen and oxygen atoms in total. The van der Waals surface area contributed by atoms with Gasteiger partial charge in [0.15, 0.2) is 5.79 Å². The molecule has 10 heteroatoms. The van der Waals surface area contributed by atoms with Crippen molar-refractivity contribution < 1.29 is 32.5 Å². The number of aliphatic hydroxyl groups is 1. The van der Waals surface area contributed by atoms with Crippen LogP contribution in [0.1, 0.15) is 45.1 Å². The van der Waals surface area contributed by atoms with E-state index in [0.29, 0.717) is 38.2 Å². The summed E-state index contributed by atoms with van der Waals surface area (Å²) in [5, 5.41) is 14.6. The largest absolute Gasteiger partial charge is 0.497 e. The summed E-state index contributed by atoms with van der Waals surface area (Å²) in [6, 6.07) is 15.1. The molecule has 2 fully saturated rings. The summed E-state index contributed by atoms with van der Waals surface area (Å²) in [4.78, 5) is 13.6. The smallest absolute Gasteiger partial charge is 0.243 e. The van der Waals surface area contributed by atoms with Crippen molar-refractivity contribution in [3.8, 4) is 5.75 Å². The number of nitrogens with one attached hydrogen (secondary N) is 1. The number of aliphatic hydroxyl groups excluding tert-OH is 1. The summed E-state index contributed by atoms with van der Waals surface area (Å²) in [7, 11) is -2.39. The molecule has 1 spiro atoms. The Bertz CT molecular complexity index is 1200. The Labute approximate surface area is 237 Å². The van der Waals surface area contributed by atoms with Crippen LogP contribution in [-0.4, -0.2) is 75.1 Å². The molecule has 0 radical (unpaired) electrons. The number of amides is 1. The molecule has 40 heavy (non-hydrogen) atoms. The molecule has 2 aromatic rings. The molecule has 0 saturated carbocycles. The van der Waals surface area contributed by atoms with Crippen LogP contribution in [0.3, 0.4) is 0 Å². The Morgan fingerprint density at radius 3 is 2.42 bits per heavy atom. The third-order valence-electron chi connectivity index (χ3n) is 7.57. The van der Waals surface area contributed by atoms with Gasteiger partial charge in [-0.1, -0.05) is 44.2 Å². The van der Waals surface area contributed by atoms with Crippen LogP contribution in [0.15, 0.2) is 59.5 Å². The molecule has 0 aliphatic carbocycles. The molecule has 4 rings (SSSR count). The minimum atomic E-state index is -3.91. The van der Waals surface area contributed by atoms with Gasteiger partial charge in [-0.2, -0.15) is 4.31 Å². The zero-order valence-corrected chi connectivity index (χ0v) is 24.4. The number of nitrogens with zero attached hydrogens (tertiary/aromatic N) is 1. The molecule has 2 aliphatic rings. The van der Waals surface area contributed by atoms with Crippen molar-refractivity contribution in [3.05, 3.63) is 60.2 Å². The average molecular weight is 575 g/mol. The van der Waals surface area contributed by atoms with Crippen molar-refractivity contribution >= 4 is 15.9 Å². The summed E-state index contributed by atoms with van der Waals surface area (Å²) in [6.07, 6.45) is 1.91. The van der Waals surface area contributed by atoms with E-state index in [1.54, 1.807) is 12.1 Å². The second-order valence-electron chi connectivity index (χ2n) is 11.2. The SMILES string of the molecule is COc1ccc(S(=O)(=O)N(CC(C)C)C[C@@H](O)[C@H](Cc2ccccc2)NC(=O)[C@@H]2CCO[C@@]3(CCCO3)C2)cc1. The van der Waals surface area contributed by atoms with E-state index in [1.165, 1.54) is 23.5 Å². The van der Waals surface area contributed by atoms with E-state index in [4.69, 9.17) is 14.2 Å². The van der Waals surface area contributed by atoms with Crippen LogP contribution in [0, 0.1) is 11.8 Å². The Kier molecular flexibility index (Phi) is 10.2. The summed E-state index contributed by atoms with van der Waals surface area (Å²) in [6.45, 7) is 4.98. The fourth-order valence-corrected chi connectivity index (χ4v) is 7.08. The van der Waals surface area contributed by atoms with E-state index in [9.17, 15) is 18.3 Å². The van der Waals surface area contributed by atoms with E-state index in [-0.39, 0.29) is 35.7 Å². The molecule has 0 aromatic heterocycles. The van der Waals surface area contributed by atoms with Crippen molar-refractivity contribution in [2.45, 2.75) is 68.8 Å². The van der Waals surface area contributed by atoms with E-state index >= 15 is 0 Å². The summed E-state index contributed by atoms with van der Waals surface area (Å²) in [5.41, 5.74) is 0.933. The van der Waals surface area contributed by atoms with Crippen LogP contribution < -0.4 is 10.1 Å². The zero-order valence-electron chi connectivity index (χ0n) is 23.6. The fraction of sp³-hybridized carbons (Fsp3) is 0.567. The van der Waals surface area contributed by atoms with Crippen LogP contribution in [-0.2, 0) is 30.7 Å². The van der Waals surface area contributed by atoms with Crippen LogP contribution in [0.25, 0.3) is 0 Å². The van der Waals surface area contributed by atoms with Gasteiger partial charge in [0.25, 0.3) is 0 Å². The van der Waals surface area contributed by atoms with Gasteiger partial charge >= 0.3 is 0 Å². The van der Waals surface area contributed by atoms with Crippen LogP contribution in [0.5, 0.6) is 5.75 Å². The molecule has 220 valence electrons. The molecule has 2 N–H and O–H groups in total. The van der Waals surface area contributed by atoms with Crippen molar-refractivity contribution in [3.63, 3.8) is 0 Å². The predicted octanol–water partition coefficient (Wildman–Crippen LogP) is 3.36. The first kappa shape index (κ1) is 30.5. The summed E-state index contributed by atoms with van der Waals surface area (Å²) < 4.78 is 45.6. The zero-order chi connectivity index (χ0) is 28.8. The van der Waals surface area contributed by atoms with Gasteiger partial charge in [0.2, 0.25) is 15.9 Å². The lowest BCUT2D eigenvalue weighted by atomic mass is 9.90. The predicted molar refractivity (Wildman–Crippen MR) is 151 cm³/mol. The molecule has 2 aromatic carbocycles. The highest BCUT2D eigenvalue weighted by atomic mass is 32.2. The number of methoxy groups -OCH3 is 1. The third-order valence-corrected chi connectivity index (χ3v) is 9.42. The van der Waals surface area contributed by atoms with Crippen LogP contribution >= 0.6 is 0 Å². The average Bonchev–Trinajstić information content (AvgIpc) is 3.39. The topological polar surface area (TPSA) is 114 Å². The van der Waals surface area contributed by atoms with E-state index in [0.717, 1.165) is 18.4 Å². The number of ether oxygens (including phenoxy) is 3. The lowest BCUT2D eigenvalue weighted by molar-refractivity contribution is -0.239. The lowest BCUT2D eigenvalue weighted by Gasteiger charge is -2.37. The van der Waals surface area contributed by atoms with Crippen molar-refractivity contribution in [2.75, 3.05) is 33.4 Å². The van der Waals surface area contributed by atoms with Gasteiger partial charge in [-0.15, -0.1) is 0 Å². The molecule has 2 saturated heterocycles. The standard InChI is InChI=1S/C30H42N2O7S/c1-22(2)20-32(40(35,36)26-12-10-25(37-3)11-13-26)21-28(33)27(18-23-8-5-4-6-9-23)31-29(34)24-14-17-39-30(19-24)15-7-16-38-30/h4-6,8-13,22,24,27-28,33H,7,14-21H2,1-3H3,(H,31,34)/t24-,27+,28-,30+/m1/s1. The number of carbonyl (C=O) groups is 1. The van der Waals surface area contributed by atoms with Crippen LogP contribution in [0.2, 0.25) is 0 Å². The number of hydrogen-bond donors (Lipinski definition) is 2. The highest BCUT2D eigenvalue weighted by molar-refractivity contribution is 7.89. The number of rotatable bonds is 12. The summed E-state index contributed by atoms with van der Waals surface area (Å²) in [5.74, 6) is -0.613. The molecule has 2 aliphatic heterocycles. The first-order valence-electron chi connectivity index (χ1n) is 14.1. The van der Waals surface area contributed by atoms with E-state index < -0.39 is 28.0 Å². The molecule has 4 atom stereocenters. The monoisotopic (exact) mass is 574 g/mol. The molecule has 1 amide bonds. The van der Waals surface area contributed by atoms with E-state index in [2.05, 4.69) is 5.32 Å². The maximum absolute atomic E-state index is 13.7. The number of hydrogen-bond acceptors (Lipinski definition) is 7. The maximum atomic E-state index is 13.7. The normalized spacial score (nSPS) is 22.9. The van der Waals surface area contributed by atoms with Gasteiger partial charge in [-0.05, 0) is 55.0 Å². The second kappa shape index (κ2) is 13.4. The number of sulfonamides is 1. The molecular weight excluding hydrogens is 532 g/mol. The molecule has 0 unspecified atom stereocenters. The van der Waals surface area contributed by atoms with Gasteiger partial charge in [-0.3, -0.25) is 4.79 Å². The van der Waals surface area contributed by atoms with Gasteiger partial charge < -0.3 is 24.6 Å². The minimum absolute atomic E-state index is 0.0206. The highest BCUT2D eigenvalue weighted by Crippen LogP contribution is 2.38. The first-order valence-corrected chi connectivity index (χ1v) is 15.5. The van der Waals surface area contributed by atoms with E-state index in [1.807, 2.05) is 44.2 Å². The Morgan fingerprint density at radius 1 is 1.10 bits per heavy atom. The molecule has 2 heterocycles. The minimum Gasteiger partial charge on any atom is -0.497 e. The Hall–Kier alpha value is -2.50. The van der Waals surface area contributed by atoms with Crippen LogP contribution in [0.4, 0.5) is 0 Å². The maximum Gasteiger partial charge on any atom is 0.243 e. The fourth-order valence-electron chi connectivity index (χ4n) is 5.46. The Balaban J connectivity index is 1.54. The highest BCUT2D eigenvalue weighted by Gasteiger charge is 2.44. The van der Waals surface area contributed by atoms with Gasteiger partial charge in [0, 0.05) is 31.8 Å². The quantitative estimate of drug-likeness (QED) is 0.400. The Morgan fingerprint density at radius 2 is 1.80 bits per heavy atom. The molecular formula is C30H42N2O7S.